The monoisotopic (exact) mass is 331 g/mol. The summed E-state index contributed by atoms with van der Waals surface area (Å²) >= 11 is 7.12. The summed E-state index contributed by atoms with van der Waals surface area (Å²) in [6.45, 7) is 0. The fourth-order valence-electron chi connectivity index (χ4n) is 1.73. The van der Waals surface area contributed by atoms with E-state index >= 15 is 0 Å². The minimum Gasteiger partial charge on any atom is -0.497 e. The number of benzene rings is 1. The smallest absolute Gasteiger partial charge is 0.265 e. The molecule has 7 heteroatoms. The summed E-state index contributed by atoms with van der Waals surface area (Å²) in [6, 6.07) is 8.42. The molecule has 20 heavy (non-hydrogen) atoms. The van der Waals surface area contributed by atoms with Gasteiger partial charge in [0.15, 0.2) is 0 Å². The number of rotatable bonds is 5. The molecule has 108 valence electrons. The highest BCUT2D eigenvalue weighted by Gasteiger charge is 2.25. The summed E-state index contributed by atoms with van der Waals surface area (Å²) in [5.41, 5.74) is 0.567. The van der Waals surface area contributed by atoms with Crippen LogP contribution < -0.4 is 9.04 Å². The lowest BCUT2D eigenvalue weighted by atomic mass is 10.3. The first-order chi connectivity index (χ1) is 9.50. The number of nitrogens with zero attached hydrogens (tertiary/aromatic N) is 1. The molecule has 0 spiro atoms. The number of halogens is 1. The van der Waals surface area contributed by atoms with Gasteiger partial charge in [-0.2, -0.15) is 0 Å². The average Bonchev–Trinajstić information content (AvgIpc) is 2.95. The highest BCUT2D eigenvalue weighted by Crippen LogP contribution is 2.29. The summed E-state index contributed by atoms with van der Waals surface area (Å²) in [5, 5.41) is 1.73. The zero-order chi connectivity index (χ0) is 14.8. The maximum atomic E-state index is 12.6. The minimum absolute atomic E-state index is 0.183. The van der Waals surface area contributed by atoms with Crippen LogP contribution in [0.5, 0.6) is 5.75 Å². The lowest BCUT2D eigenvalue weighted by molar-refractivity contribution is 0.415. The highest BCUT2D eigenvalue weighted by molar-refractivity contribution is 7.93. The predicted octanol–water partition coefficient (Wildman–Crippen LogP) is 3.32. The average molecular weight is 332 g/mol. The predicted molar refractivity (Wildman–Crippen MR) is 82.5 cm³/mol. The van der Waals surface area contributed by atoms with Crippen LogP contribution in [0.1, 0.15) is 4.88 Å². The van der Waals surface area contributed by atoms with Crippen LogP contribution in [0.3, 0.4) is 0 Å². The van der Waals surface area contributed by atoms with E-state index in [0.717, 1.165) is 0 Å². The van der Waals surface area contributed by atoms with Crippen LogP contribution in [-0.4, -0.2) is 22.6 Å². The lowest BCUT2D eigenvalue weighted by Crippen LogP contribution is -2.26. The second kappa shape index (κ2) is 6.03. The lowest BCUT2D eigenvalue weighted by Gasteiger charge is -2.19. The van der Waals surface area contributed by atoms with E-state index in [9.17, 15) is 8.42 Å². The van der Waals surface area contributed by atoms with Gasteiger partial charge in [0.25, 0.3) is 10.0 Å². The van der Waals surface area contributed by atoms with Crippen LogP contribution in [0.2, 0.25) is 0 Å². The third kappa shape index (κ3) is 2.77. The Morgan fingerprint density at radius 1 is 1.25 bits per heavy atom. The molecule has 1 heterocycles. The third-order valence-electron chi connectivity index (χ3n) is 2.90. The van der Waals surface area contributed by atoms with Crippen molar-refractivity contribution >= 4 is 38.6 Å². The Hall–Kier alpha value is -1.24. The van der Waals surface area contributed by atoms with Crippen molar-refractivity contribution < 1.29 is 13.2 Å². The van der Waals surface area contributed by atoms with Gasteiger partial charge in [-0.15, -0.1) is 22.9 Å². The number of thiophene rings is 1. The van der Waals surface area contributed by atoms with Gasteiger partial charge in [-0.3, -0.25) is 4.31 Å². The summed E-state index contributed by atoms with van der Waals surface area (Å²) in [7, 11) is -0.509. The van der Waals surface area contributed by atoms with Crippen LogP contribution >= 0.6 is 22.9 Å². The van der Waals surface area contributed by atoms with Crippen molar-refractivity contribution in [3.05, 3.63) is 40.6 Å². The Bertz CT molecular complexity index is 680. The number of hydrogen-bond acceptors (Lipinski definition) is 4. The van der Waals surface area contributed by atoms with Crippen molar-refractivity contribution in [2.75, 3.05) is 18.5 Å². The number of anilines is 1. The maximum absolute atomic E-state index is 12.6. The zero-order valence-corrected chi connectivity index (χ0v) is 13.4. The van der Waals surface area contributed by atoms with Crippen LogP contribution in [0, 0.1) is 0 Å². The molecule has 1 aromatic carbocycles. The molecule has 4 nitrogen and oxygen atoms in total. The molecule has 0 fully saturated rings. The Labute approximate surface area is 127 Å². The molecule has 0 amide bonds. The molecule has 0 atom stereocenters. The van der Waals surface area contributed by atoms with Gasteiger partial charge in [0.2, 0.25) is 0 Å². The largest absolute Gasteiger partial charge is 0.497 e. The number of alkyl halides is 1. The van der Waals surface area contributed by atoms with Gasteiger partial charge in [0, 0.05) is 11.9 Å². The van der Waals surface area contributed by atoms with Crippen molar-refractivity contribution in [3.63, 3.8) is 0 Å². The van der Waals surface area contributed by atoms with Gasteiger partial charge in [-0.1, -0.05) is 0 Å². The van der Waals surface area contributed by atoms with Crippen molar-refractivity contribution in [2.24, 2.45) is 0 Å². The molecule has 0 unspecified atom stereocenters. The van der Waals surface area contributed by atoms with Gasteiger partial charge < -0.3 is 4.74 Å². The van der Waals surface area contributed by atoms with E-state index in [1.807, 2.05) is 0 Å². The van der Waals surface area contributed by atoms with Crippen LogP contribution in [0.4, 0.5) is 5.69 Å². The van der Waals surface area contributed by atoms with Crippen molar-refractivity contribution in [3.8, 4) is 5.75 Å². The Morgan fingerprint density at radius 2 is 1.90 bits per heavy atom. The number of hydrogen-bond donors (Lipinski definition) is 0. The van der Waals surface area contributed by atoms with E-state index in [1.54, 1.807) is 42.8 Å². The van der Waals surface area contributed by atoms with E-state index in [4.69, 9.17) is 16.3 Å². The molecule has 2 aromatic rings. The Kier molecular flexibility index (Phi) is 4.57. The summed E-state index contributed by atoms with van der Waals surface area (Å²) in [4.78, 5) is 0.905. The van der Waals surface area contributed by atoms with Gasteiger partial charge >= 0.3 is 0 Å². The SMILES string of the molecule is COc1ccc(N(C)S(=O)(=O)c2ccsc2CCl)cc1. The van der Waals surface area contributed by atoms with Crippen molar-refractivity contribution in [1.29, 1.82) is 0 Å². The van der Waals surface area contributed by atoms with E-state index in [-0.39, 0.29) is 10.8 Å². The first-order valence-corrected chi connectivity index (χ1v) is 8.61. The molecule has 0 aliphatic heterocycles. The van der Waals surface area contributed by atoms with Crippen molar-refractivity contribution in [2.45, 2.75) is 10.8 Å². The van der Waals surface area contributed by atoms with E-state index in [0.29, 0.717) is 16.3 Å². The number of sulfonamides is 1. The van der Waals surface area contributed by atoms with E-state index in [2.05, 4.69) is 0 Å². The molecule has 0 aliphatic rings. The summed E-state index contributed by atoms with van der Waals surface area (Å²) in [6.07, 6.45) is 0. The van der Waals surface area contributed by atoms with Crippen LogP contribution in [0.25, 0.3) is 0 Å². The van der Waals surface area contributed by atoms with Crippen LogP contribution in [-0.2, 0) is 15.9 Å². The van der Waals surface area contributed by atoms with Crippen LogP contribution in [0.15, 0.2) is 40.6 Å². The normalized spacial score (nSPS) is 11.3. The molecule has 0 aliphatic carbocycles. The van der Waals surface area contributed by atoms with Gasteiger partial charge in [-0.05, 0) is 35.7 Å². The molecule has 1 aromatic heterocycles. The van der Waals surface area contributed by atoms with Gasteiger partial charge in [0.05, 0.1) is 18.7 Å². The van der Waals surface area contributed by atoms with Gasteiger partial charge in [-0.25, -0.2) is 8.42 Å². The quantitative estimate of drug-likeness (QED) is 0.790. The first-order valence-electron chi connectivity index (χ1n) is 5.76. The van der Waals surface area contributed by atoms with Gasteiger partial charge in [0.1, 0.15) is 10.6 Å². The first kappa shape index (κ1) is 15.2. The fourth-order valence-corrected chi connectivity index (χ4v) is 4.60. The summed E-state index contributed by atoms with van der Waals surface area (Å²) < 4.78 is 31.4. The van der Waals surface area contributed by atoms with Crippen molar-refractivity contribution in [1.82, 2.24) is 0 Å². The molecule has 0 bridgehead atoms. The Morgan fingerprint density at radius 3 is 2.45 bits per heavy atom. The summed E-state index contributed by atoms with van der Waals surface area (Å²) in [5.74, 6) is 0.861. The maximum Gasteiger partial charge on any atom is 0.265 e. The molecule has 0 radical (unpaired) electrons. The zero-order valence-electron chi connectivity index (χ0n) is 11.0. The molecule has 2 rings (SSSR count). The highest BCUT2D eigenvalue weighted by atomic mass is 35.5. The molecular weight excluding hydrogens is 318 g/mol. The van der Waals surface area contributed by atoms with E-state index in [1.165, 1.54) is 22.7 Å². The second-order valence-electron chi connectivity index (χ2n) is 4.01. The topological polar surface area (TPSA) is 46.6 Å². The fraction of sp³-hybridized carbons (Fsp3) is 0.231. The molecule has 0 saturated carbocycles. The minimum atomic E-state index is -3.59. The third-order valence-corrected chi connectivity index (χ3v) is 6.25. The van der Waals surface area contributed by atoms with E-state index < -0.39 is 10.0 Å². The molecule has 0 N–H and O–H groups in total. The Balaban J connectivity index is 2.38. The molecule has 0 saturated heterocycles. The number of ether oxygens (including phenoxy) is 1. The number of methoxy groups -OCH3 is 1. The second-order valence-corrected chi connectivity index (χ2v) is 7.22. The standard InChI is InChI=1S/C13H14ClNO3S2/c1-15(10-3-5-11(18-2)6-4-10)20(16,17)13-7-8-19-12(13)9-14/h3-8H,9H2,1-2H3. The molecular formula is C13H14ClNO3S2.